The van der Waals surface area contributed by atoms with Crippen LogP contribution in [0.4, 0.5) is 0 Å². The highest BCUT2D eigenvalue weighted by Crippen LogP contribution is 2.28. The van der Waals surface area contributed by atoms with Gasteiger partial charge >= 0.3 is 5.97 Å². The molecule has 1 N–H and O–H groups in total. The van der Waals surface area contributed by atoms with Gasteiger partial charge in [-0.05, 0) is 32.8 Å². The molecule has 0 bridgehead atoms. The largest absolute Gasteiger partial charge is 0.481 e. The molecule has 1 aliphatic rings. The van der Waals surface area contributed by atoms with Crippen LogP contribution in [0.2, 0.25) is 0 Å². The van der Waals surface area contributed by atoms with Crippen molar-refractivity contribution < 1.29 is 14.7 Å². The molecule has 8 nitrogen and oxygen atoms in total. The van der Waals surface area contributed by atoms with Crippen LogP contribution in [0.5, 0.6) is 0 Å². The van der Waals surface area contributed by atoms with E-state index in [-0.39, 0.29) is 24.3 Å². The van der Waals surface area contributed by atoms with Crippen molar-refractivity contribution in [3.8, 4) is 0 Å². The number of amides is 1. The third-order valence-electron chi connectivity index (χ3n) is 3.95. The average molecular weight is 317 g/mol. The van der Waals surface area contributed by atoms with Gasteiger partial charge in [0.25, 0.3) is 11.7 Å². The molecule has 1 aliphatic carbocycles. The first-order valence-electron chi connectivity index (χ1n) is 7.61. The van der Waals surface area contributed by atoms with Crippen molar-refractivity contribution in [3.05, 3.63) is 23.3 Å². The molecule has 1 saturated carbocycles. The van der Waals surface area contributed by atoms with Gasteiger partial charge in [-0.25, -0.2) is 9.50 Å². The molecule has 0 saturated heterocycles. The second-order valence-electron chi connectivity index (χ2n) is 6.11. The van der Waals surface area contributed by atoms with Crippen molar-refractivity contribution in [1.82, 2.24) is 24.5 Å². The third-order valence-corrected chi connectivity index (χ3v) is 3.95. The number of carboxylic acid groups (broad SMARTS) is 1. The molecule has 23 heavy (non-hydrogen) atoms. The van der Waals surface area contributed by atoms with E-state index >= 15 is 0 Å². The number of aliphatic carboxylic acids is 1. The smallest absolute Gasteiger partial charge is 0.308 e. The summed E-state index contributed by atoms with van der Waals surface area (Å²) in [5, 5.41) is 13.3. The van der Waals surface area contributed by atoms with E-state index in [1.54, 1.807) is 11.8 Å². The summed E-state index contributed by atoms with van der Waals surface area (Å²) >= 11 is 0. The Kier molecular flexibility index (Phi) is 3.75. The fourth-order valence-electron chi connectivity index (χ4n) is 2.54. The predicted octanol–water partition coefficient (Wildman–Crippen LogP) is 1.07. The summed E-state index contributed by atoms with van der Waals surface area (Å²) in [6.45, 7) is 5.49. The molecule has 8 heteroatoms. The molecule has 0 aliphatic heterocycles. The lowest BCUT2D eigenvalue weighted by molar-refractivity contribution is -0.141. The van der Waals surface area contributed by atoms with E-state index in [4.69, 9.17) is 5.11 Å². The van der Waals surface area contributed by atoms with Gasteiger partial charge in [0.15, 0.2) is 0 Å². The van der Waals surface area contributed by atoms with E-state index in [1.807, 2.05) is 19.9 Å². The zero-order chi connectivity index (χ0) is 16.7. The lowest BCUT2D eigenvalue weighted by Crippen LogP contribution is -2.39. The molecule has 3 rings (SSSR count). The standard InChI is InChI=1S/C15H19N5O3/c1-8(14(22)23)7-19(11-4-5-11)13(21)12-17-15-16-9(2)6-10(3)20(15)18-12/h6,8,11H,4-5,7H2,1-3H3,(H,22,23). The van der Waals surface area contributed by atoms with Crippen LogP contribution in [0.25, 0.3) is 5.78 Å². The number of rotatable bonds is 5. The molecule has 0 spiro atoms. The molecule has 122 valence electrons. The Morgan fingerprint density at radius 2 is 2.09 bits per heavy atom. The fourth-order valence-corrected chi connectivity index (χ4v) is 2.54. The van der Waals surface area contributed by atoms with Gasteiger partial charge in [-0.1, -0.05) is 6.92 Å². The highest BCUT2D eigenvalue weighted by Gasteiger charge is 2.36. The zero-order valence-corrected chi connectivity index (χ0v) is 13.4. The fraction of sp³-hybridized carbons (Fsp3) is 0.533. The van der Waals surface area contributed by atoms with Gasteiger partial charge in [-0.2, -0.15) is 4.98 Å². The molecule has 0 aromatic carbocycles. The topological polar surface area (TPSA) is 101 Å². The van der Waals surface area contributed by atoms with Gasteiger partial charge in [0, 0.05) is 24.0 Å². The number of fused-ring (bicyclic) bond motifs is 1. The number of aryl methyl sites for hydroxylation is 2. The Labute approximate surface area is 133 Å². The van der Waals surface area contributed by atoms with E-state index in [1.165, 1.54) is 4.52 Å². The summed E-state index contributed by atoms with van der Waals surface area (Å²) in [7, 11) is 0. The SMILES string of the molecule is Cc1cc(C)n2nc(C(=O)N(CC(C)C(=O)O)C3CC3)nc2n1. The van der Waals surface area contributed by atoms with Crippen molar-refractivity contribution >= 4 is 17.7 Å². The molecular formula is C15H19N5O3. The lowest BCUT2D eigenvalue weighted by Gasteiger charge is -2.22. The van der Waals surface area contributed by atoms with Crippen molar-refractivity contribution in [2.24, 2.45) is 5.92 Å². The summed E-state index contributed by atoms with van der Waals surface area (Å²) < 4.78 is 1.53. The highest BCUT2D eigenvalue weighted by atomic mass is 16.4. The molecule has 1 fully saturated rings. The van der Waals surface area contributed by atoms with Gasteiger partial charge in [0.2, 0.25) is 5.82 Å². The van der Waals surface area contributed by atoms with Crippen LogP contribution in [0, 0.1) is 19.8 Å². The van der Waals surface area contributed by atoms with Crippen molar-refractivity contribution in [2.45, 2.75) is 39.7 Å². The van der Waals surface area contributed by atoms with Crippen LogP contribution in [-0.2, 0) is 4.79 Å². The van der Waals surface area contributed by atoms with Crippen LogP contribution in [0.15, 0.2) is 6.07 Å². The molecule has 2 aromatic heterocycles. The minimum absolute atomic E-state index is 0.0655. The molecule has 2 aromatic rings. The number of hydrogen-bond acceptors (Lipinski definition) is 5. The van der Waals surface area contributed by atoms with Crippen LogP contribution >= 0.6 is 0 Å². The number of carboxylic acids is 1. The Morgan fingerprint density at radius 3 is 2.70 bits per heavy atom. The summed E-state index contributed by atoms with van der Waals surface area (Å²) in [4.78, 5) is 33.9. The van der Waals surface area contributed by atoms with Gasteiger partial charge in [-0.3, -0.25) is 9.59 Å². The van der Waals surface area contributed by atoms with Crippen LogP contribution < -0.4 is 0 Å². The van der Waals surface area contributed by atoms with Crippen molar-refractivity contribution in [2.75, 3.05) is 6.54 Å². The minimum Gasteiger partial charge on any atom is -0.481 e. The van der Waals surface area contributed by atoms with E-state index in [9.17, 15) is 9.59 Å². The quantitative estimate of drug-likeness (QED) is 0.885. The molecule has 2 heterocycles. The second-order valence-corrected chi connectivity index (χ2v) is 6.11. The first-order valence-corrected chi connectivity index (χ1v) is 7.61. The summed E-state index contributed by atoms with van der Waals surface area (Å²) in [5.41, 5.74) is 1.65. The summed E-state index contributed by atoms with van der Waals surface area (Å²) in [5.74, 6) is -1.43. The van der Waals surface area contributed by atoms with Gasteiger partial charge < -0.3 is 10.0 Å². The van der Waals surface area contributed by atoms with E-state index in [0.717, 1.165) is 24.2 Å². The number of carbonyl (C=O) groups excluding carboxylic acids is 1. The van der Waals surface area contributed by atoms with Gasteiger partial charge in [0.1, 0.15) is 0 Å². The van der Waals surface area contributed by atoms with E-state index in [0.29, 0.717) is 5.78 Å². The average Bonchev–Trinajstić information content (AvgIpc) is 3.22. The monoisotopic (exact) mass is 317 g/mol. The van der Waals surface area contributed by atoms with E-state index in [2.05, 4.69) is 15.1 Å². The van der Waals surface area contributed by atoms with Gasteiger partial charge in [0.05, 0.1) is 5.92 Å². The number of nitrogens with zero attached hydrogens (tertiary/aromatic N) is 5. The van der Waals surface area contributed by atoms with Crippen LogP contribution in [0.3, 0.4) is 0 Å². The second kappa shape index (κ2) is 5.60. The Hall–Kier alpha value is -2.51. The Morgan fingerprint density at radius 1 is 1.39 bits per heavy atom. The molecule has 1 amide bonds. The zero-order valence-electron chi connectivity index (χ0n) is 13.4. The first-order chi connectivity index (χ1) is 10.9. The first kappa shape index (κ1) is 15.4. The summed E-state index contributed by atoms with van der Waals surface area (Å²) in [6, 6.07) is 1.95. The maximum Gasteiger partial charge on any atom is 0.308 e. The number of carbonyl (C=O) groups is 2. The predicted molar refractivity (Wildman–Crippen MR) is 81.1 cm³/mol. The number of aromatic nitrogens is 4. The van der Waals surface area contributed by atoms with Crippen molar-refractivity contribution in [1.29, 1.82) is 0 Å². The normalized spacial score (nSPS) is 15.6. The van der Waals surface area contributed by atoms with Crippen LogP contribution in [0.1, 0.15) is 41.8 Å². The molecule has 1 unspecified atom stereocenters. The summed E-state index contributed by atoms with van der Waals surface area (Å²) in [6.07, 6.45) is 1.78. The number of hydrogen-bond donors (Lipinski definition) is 1. The van der Waals surface area contributed by atoms with E-state index < -0.39 is 11.9 Å². The lowest BCUT2D eigenvalue weighted by atomic mass is 10.1. The highest BCUT2D eigenvalue weighted by molar-refractivity contribution is 5.91. The van der Waals surface area contributed by atoms with Crippen molar-refractivity contribution in [3.63, 3.8) is 0 Å². The maximum atomic E-state index is 12.7. The molecule has 1 atom stereocenters. The minimum atomic E-state index is -0.917. The Balaban J connectivity index is 1.91. The molecular weight excluding hydrogens is 298 g/mol. The molecule has 0 radical (unpaired) electrons. The third kappa shape index (κ3) is 3.01. The van der Waals surface area contributed by atoms with Crippen LogP contribution in [-0.4, -0.2) is 54.1 Å². The Bertz CT molecular complexity index is 781. The maximum absolute atomic E-state index is 12.7. The van der Waals surface area contributed by atoms with Gasteiger partial charge in [-0.15, -0.1) is 5.10 Å².